The van der Waals surface area contributed by atoms with Gasteiger partial charge in [-0.2, -0.15) is 22.0 Å². The van der Waals surface area contributed by atoms with Crippen LogP contribution in [0.5, 0.6) is 0 Å². The van der Waals surface area contributed by atoms with Gasteiger partial charge >= 0.3 is 18.1 Å². The number of carboxylic acid groups (broad SMARTS) is 1. The van der Waals surface area contributed by atoms with E-state index in [0.717, 1.165) is 0 Å². The Balaban J connectivity index is 0.00000363. The third-order valence-corrected chi connectivity index (χ3v) is 4.41. The van der Waals surface area contributed by atoms with E-state index in [-0.39, 0.29) is 29.2 Å². The number of hydrogen-bond donors (Lipinski definition) is 2. The fourth-order valence-electron chi connectivity index (χ4n) is 2.88. The third-order valence-electron chi connectivity index (χ3n) is 4.41. The standard InChI is InChI=1S/C21H16F5N3O2.H2O/c1-12-28-17(20(22,23)21(24,25)26)10-18(29-12)27-11-13-6-8-14(9-7-13)15-4-2-3-5-16(15)19(30)31;/h2-10H,11H2,1H3,(H,30,31)(H,27,28,29);1H2. The first kappa shape index (κ1) is 24.7. The molecule has 4 N–H and O–H groups in total. The summed E-state index contributed by atoms with van der Waals surface area (Å²) >= 11 is 0. The Morgan fingerprint density at radius 2 is 1.62 bits per heavy atom. The van der Waals surface area contributed by atoms with Crippen LogP contribution in [0.4, 0.5) is 27.8 Å². The fourth-order valence-corrected chi connectivity index (χ4v) is 2.88. The van der Waals surface area contributed by atoms with Crippen molar-refractivity contribution in [3.63, 3.8) is 0 Å². The van der Waals surface area contributed by atoms with Gasteiger partial charge in [-0.1, -0.05) is 42.5 Å². The van der Waals surface area contributed by atoms with Gasteiger partial charge in [0.25, 0.3) is 0 Å². The number of halogens is 5. The van der Waals surface area contributed by atoms with Crippen LogP contribution in [-0.4, -0.2) is 32.7 Å². The van der Waals surface area contributed by atoms with Gasteiger partial charge in [-0.3, -0.25) is 0 Å². The molecule has 170 valence electrons. The number of hydrogen-bond acceptors (Lipinski definition) is 4. The van der Waals surface area contributed by atoms with Crippen molar-refractivity contribution >= 4 is 11.8 Å². The summed E-state index contributed by atoms with van der Waals surface area (Å²) in [5.74, 6) is -6.57. The molecule has 0 amide bonds. The Hall–Kier alpha value is -3.60. The molecule has 6 nitrogen and oxygen atoms in total. The van der Waals surface area contributed by atoms with Gasteiger partial charge in [0.1, 0.15) is 17.3 Å². The van der Waals surface area contributed by atoms with Gasteiger partial charge in [0.15, 0.2) is 0 Å². The second-order valence-corrected chi connectivity index (χ2v) is 6.66. The van der Waals surface area contributed by atoms with Crippen LogP contribution in [0.2, 0.25) is 0 Å². The Morgan fingerprint density at radius 1 is 1.00 bits per heavy atom. The molecule has 3 rings (SSSR count). The van der Waals surface area contributed by atoms with Gasteiger partial charge in [-0.05, 0) is 29.7 Å². The highest BCUT2D eigenvalue weighted by Gasteiger charge is 2.60. The average molecular weight is 455 g/mol. The molecule has 0 radical (unpaired) electrons. The highest BCUT2D eigenvalue weighted by molar-refractivity contribution is 5.95. The zero-order valence-electron chi connectivity index (χ0n) is 16.5. The minimum Gasteiger partial charge on any atom is -0.478 e. The number of carboxylic acids is 1. The minimum absolute atomic E-state index is 0. The van der Waals surface area contributed by atoms with Crippen molar-refractivity contribution < 1.29 is 37.3 Å². The summed E-state index contributed by atoms with van der Waals surface area (Å²) in [6.45, 7) is 1.31. The van der Waals surface area contributed by atoms with E-state index in [0.29, 0.717) is 22.8 Å². The lowest BCUT2D eigenvalue weighted by Gasteiger charge is -2.19. The number of carbonyl (C=O) groups is 1. The molecule has 0 fully saturated rings. The maximum atomic E-state index is 13.6. The average Bonchev–Trinajstić information content (AvgIpc) is 2.71. The summed E-state index contributed by atoms with van der Waals surface area (Å²) in [5.41, 5.74) is 0.572. The van der Waals surface area contributed by atoms with Crippen molar-refractivity contribution in [3.05, 3.63) is 77.2 Å². The van der Waals surface area contributed by atoms with E-state index < -0.39 is 23.8 Å². The van der Waals surface area contributed by atoms with Crippen molar-refractivity contribution in [3.8, 4) is 11.1 Å². The molecule has 1 heterocycles. The predicted octanol–water partition coefficient (Wildman–Crippen LogP) is 4.59. The van der Waals surface area contributed by atoms with Crippen LogP contribution >= 0.6 is 0 Å². The molecule has 1 aromatic heterocycles. The van der Waals surface area contributed by atoms with Crippen molar-refractivity contribution in [1.82, 2.24) is 9.97 Å². The van der Waals surface area contributed by atoms with Crippen LogP contribution in [0, 0.1) is 6.92 Å². The summed E-state index contributed by atoms with van der Waals surface area (Å²) in [5, 5.41) is 12.0. The summed E-state index contributed by atoms with van der Waals surface area (Å²) in [6.07, 6.45) is -5.77. The molecule has 0 spiro atoms. The normalized spacial score (nSPS) is 11.6. The largest absolute Gasteiger partial charge is 0.478 e. The fraction of sp³-hybridized carbons (Fsp3) is 0.190. The number of rotatable bonds is 6. The summed E-state index contributed by atoms with van der Waals surface area (Å²) in [4.78, 5) is 18.4. The second kappa shape index (κ2) is 9.27. The zero-order chi connectivity index (χ0) is 22.8. The lowest BCUT2D eigenvalue weighted by molar-refractivity contribution is -0.291. The van der Waals surface area contributed by atoms with E-state index in [1.54, 1.807) is 42.5 Å². The van der Waals surface area contributed by atoms with Crippen molar-refractivity contribution in [2.24, 2.45) is 0 Å². The highest BCUT2D eigenvalue weighted by Crippen LogP contribution is 2.43. The molecule has 0 aliphatic heterocycles. The maximum Gasteiger partial charge on any atom is 0.459 e. The van der Waals surface area contributed by atoms with Crippen LogP contribution in [0.1, 0.15) is 27.4 Å². The number of alkyl halides is 5. The molecule has 0 atom stereocenters. The Bertz CT molecular complexity index is 1100. The van der Waals surface area contributed by atoms with E-state index in [4.69, 9.17) is 0 Å². The van der Waals surface area contributed by atoms with Gasteiger partial charge in [0.2, 0.25) is 0 Å². The van der Waals surface area contributed by atoms with Crippen molar-refractivity contribution in [2.45, 2.75) is 25.6 Å². The van der Waals surface area contributed by atoms with Crippen LogP contribution < -0.4 is 5.32 Å². The molecule has 0 aliphatic carbocycles. The number of aromatic nitrogens is 2. The molecular formula is C21H18F5N3O3. The number of aromatic carboxylic acids is 1. The van der Waals surface area contributed by atoms with Gasteiger partial charge in [-0.15, -0.1) is 0 Å². The second-order valence-electron chi connectivity index (χ2n) is 6.66. The number of anilines is 1. The first-order valence-corrected chi connectivity index (χ1v) is 8.95. The van der Waals surface area contributed by atoms with Crippen LogP contribution in [-0.2, 0) is 12.5 Å². The number of benzene rings is 2. The summed E-state index contributed by atoms with van der Waals surface area (Å²) in [6, 6.07) is 13.8. The molecule has 11 heteroatoms. The van der Waals surface area contributed by atoms with Gasteiger partial charge in [0, 0.05) is 12.6 Å². The van der Waals surface area contributed by atoms with Gasteiger partial charge < -0.3 is 15.9 Å². The van der Waals surface area contributed by atoms with E-state index in [1.165, 1.54) is 13.0 Å². The zero-order valence-corrected chi connectivity index (χ0v) is 16.5. The van der Waals surface area contributed by atoms with E-state index in [9.17, 15) is 31.9 Å². The van der Waals surface area contributed by atoms with Crippen molar-refractivity contribution in [1.29, 1.82) is 0 Å². The SMILES string of the molecule is Cc1nc(NCc2ccc(-c3ccccc3C(=O)O)cc2)cc(C(F)(F)C(F)(F)F)n1.O. The lowest BCUT2D eigenvalue weighted by atomic mass is 9.99. The summed E-state index contributed by atoms with van der Waals surface area (Å²) in [7, 11) is 0. The van der Waals surface area contributed by atoms with Crippen LogP contribution in [0.3, 0.4) is 0 Å². The van der Waals surface area contributed by atoms with E-state index in [1.807, 2.05) is 0 Å². The predicted molar refractivity (Wildman–Crippen MR) is 106 cm³/mol. The monoisotopic (exact) mass is 455 g/mol. The topological polar surface area (TPSA) is 107 Å². The van der Waals surface area contributed by atoms with Gasteiger partial charge in [-0.25, -0.2) is 14.8 Å². The molecule has 0 aliphatic rings. The Morgan fingerprint density at radius 3 is 2.22 bits per heavy atom. The van der Waals surface area contributed by atoms with Crippen LogP contribution in [0.25, 0.3) is 11.1 Å². The summed E-state index contributed by atoms with van der Waals surface area (Å²) < 4.78 is 65.1. The molecule has 32 heavy (non-hydrogen) atoms. The molecule has 0 bridgehead atoms. The van der Waals surface area contributed by atoms with Crippen molar-refractivity contribution in [2.75, 3.05) is 5.32 Å². The minimum atomic E-state index is -5.77. The first-order chi connectivity index (χ1) is 14.5. The molecule has 0 saturated carbocycles. The quantitative estimate of drug-likeness (QED) is 0.529. The number of aryl methyl sites for hydroxylation is 1. The molecule has 3 aromatic rings. The Kier molecular flexibility index (Phi) is 7.14. The number of nitrogens with one attached hydrogen (secondary N) is 1. The van der Waals surface area contributed by atoms with Gasteiger partial charge in [0.05, 0.1) is 5.56 Å². The molecule has 0 saturated heterocycles. The Labute approximate surface area is 179 Å². The first-order valence-electron chi connectivity index (χ1n) is 8.95. The lowest BCUT2D eigenvalue weighted by Crippen LogP contribution is -2.35. The van der Waals surface area contributed by atoms with Crippen LogP contribution in [0.15, 0.2) is 54.6 Å². The van der Waals surface area contributed by atoms with E-state index in [2.05, 4.69) is 15.3 Å². The molecular weight excluding hydrogens is 437 g/mol. The number of nitrogens with zero attached hydrogens (tertiary/aromatic N) is 2. The highest BCUT2D eigenvalue weighted by atomic mass is 19.4. The molecule has 2 aromatic carbocycles. The van der Waals surface area contributed by atoms with E-state index >= 15 is 0 Å². The smallest absolute Gasteiger partial charge is 0.459 e. The molecule has 0 unspecified atom stereocenters. The maximum absolute atomic E-state index is 13.6. The third kappa shape index (κ3) is 5.17.